The van der Waals surface area contributed by atoms with Crippen LogP contribution in [0.5, 0.6) is 0 Å². The highest BCUT2D eigenvalue weighted by molar-refractivity contribution is 6.06. The molecule has 1 aliphatic carbocycles. The van der Waals surface area contributed by atoms with Crippen molar-refractivity contribution in [2.75, 3.05) is 18.9 Å². The van der Waals surface area contributed by atoms with Gasteiger partial charge in [0, 0.05) is 34.9 Å². The summed E-state index contributed by atoms with van der Waals surface area (Å²) in [6.07, 6.45) is 6.98. The monoisotopic (exact) mass is 457 g/mol. The second-order valence-electron chi connectivity index (χ2n) is 8.75. The number of nitrogens with one attached hydrogen (secondary N) is 2. The number of fused-ring (bicyclic) bond motifs is 1. The Labute approximate surface area is 200 Å². The SMILES string of the molecule is C=CC(=O)Nc1cccc2ccc(-c3nccc(C(=O)N[C@H]4CC[C@@H](N(C)CC)CC4)n3)cc12. The standard InChI is InChI=1S/C27H31N5O2/c1-4-25(33)30-23-8-6-7-18-9-10-19(17-22(18)23)26-28-16-15-24(31-26)27(34)29-20-11-13-21(14-12-20)32(3)5-2/h4,6-10,15-17,20-21H,1,5,11-14H2,2-3H3,(H,29,34)(H,30,33)/t20-,21+. The fourth-order valence-electron chi connectivity index (χ4n) is 4.51. The van der Waals surface area contributed by atoms with Gasteiger partial charge < -0.3 is 15.5 Å². The number of hydrogen-bond acceptors (Lipinski definition) is 5. The molecule has 1 aromatic heterocycles. The lowest BCUT2D eigenvalue weighted by Crippen LogP contribution is -2.42. The van der Waals surface area contributed by atoms with Gasteiger partial charge in [0.25, 0.3) is 5.91 Å². The van der Waals surface area contributed by atoms with Gasteiger partial charge in [-0.1, -0.05) is 37.8 Å². The second kappa shape index (κ2) is 10.6. The van der Waals surface area contributed by atoms with Crippen molar-refractivity contribution in [1.29, 1.82) is 0 Å². The highest BCUT2D eigenvalue weighted by Gasteiger charge is 2.25. The Morgan fingerprint density at radius 2 is 1.94 bits per heavy atom. The molecular formula is C27H31N5O2. The number of rotatable bonds is 7. The quantitative estimate of drug-likeness (QED) is 0.513. The summed E-state index contributed by atoms with van der Waals surface area (Å²) in [5, 5.41) is 7.83. The van der Waals surface area contributed by atoms with Crippen molar-refractivity contribution < 1.29 is 9.59 Å². The molecule has 1 fully saturated rings. The Kier molecular flexibility index (Phi) is 7.33. The zero-order valence-electron chi connectivity index (χ0n) is 19.8. The van der Waals surface area contributed by atoms with Gasteiger partial charge in [-0.3, -0.25) is 9.59 Å². The highest BCUT2D eigenvalue weighted by atomic mass is 16.2. The maximum Gasteiger partial charge on any atom is 0.270 e. The molecule has 0 unspecified atom stereocenters. The van der Waals surface area contributed by atoms with Gasteiger partial charge in [-0.2, -0.15) is 0 Å². The molecule has 4 rings (SSSR count). The molecule has 1 saturated carbocycles. The van der Waals surface area contributed by atoms with Crippen LogP contribution in [0, 0.1) is 0 Å². The van der Waals surface area contributed by atoms with Crippen molar-refractivity contribution in [1.82, 2.24) is 20.2 Å². The Hall–Kier alpha value is -3.58. The largest absolute Gasteiger partial charge is 0.348 e. The summed E-state index contributed by atoms with van der Waals surface area (Å²) in [7, 11) is 2.16. The summed E-state index contributed by atoms with van der Waals surface area (Å²) in [4.78, 5) is 36.1. The Morgan fingerprint density at radius 3 is 2.68 bits per heavy atom. The minimum absolute atomic E-state index is 0.170. The number of nitrogens with zero attached hydrogens (tertiary/aromatic N) is 3. The predicted octanol–water partition coefficient (Wildman–Crippen LogP) is 4.41. The van der Waals surface area contributed by atoms with E-state index in [9.17, 15) is 9.59 Å². The maximum atomic E-state index is 12.9. The molecule has 2 amide bonds. The Morgan fingerprint density at radius 1 is 1.15 bits per heavy atom. The maximum absolute atomic E-state index is 12.9. The predicted molar refractivity (Wildman–Crippen MR) is 136 cm³/mol. The van der Waals surface area contributed by atoms with Crippen LogP contribution >= 0.6 is 0 Å². The van der Waals surface area contributed by atoms with E-state index in [-0.39, 0.29) is 17.9 Å². The summed E-state index contributed by atoms with van der Waals surface area (Å²) in [5.41, 5.74) is 1.80. The van der Waals surface area contributed by atoms with Gasteiger partial charge in [-0.05, 0) is 68.9 Å². The molecule has 2 N–H and O–H groups in total. The van der Waals surface area contributed by atoms with E-state index in [1.165, 1.54) is 6.08 Å². The molecule has 0 atom stereocenters. The molecule has 2 aromatic carbocycles. The highest BCUT2D eigenvalue weighted by Crippen LogP contribution is 2.28. The van der Waals surface area contributed by atoms with Crippen LogP contribution in [0.1, 0.15) is 43.1 Å². The van der Waals surface area contributed by atoms with Crippen LogP contribution in [-0.4, -0.2) is 52.4 Å². The zero-order valence-corrected chi connectivity index (χ0v) is 19.8. The second-order valence-corrected chi connectivity index (χ2v) is 8.75. The first-order chi connectivity index (χ1) is 16.5. The number of anilines is 1. The zero-order chi connectivity index (χ0) is 24.1. The molecule has 0 radical (unpaired) electrons. The molecule has 1 aliphatic rings. The topological polar surface area (TPSA) is 87.2 Å². The number of carbonyl (C=O) groups excluding carboxylic acids is 2. The van der Waals surface area contributed by atoms with Crippen LogP contribution in [0.3, 0.4) is 0 Å². The van der Waals surface area contributed by atoms with Gasteiger partial charge >= 0.3 is 0 Å². The van der Waals surface area contributed by atoms with E-state index in [0.717, 1.165) is 48.6 Å². The van der Waals surface area contributed by atoms with Crippen molar-refractivity contribution in [3.8, 4) is 11.4 Å². The van der Waals surface area contributed by atoms with Gasteiger partial charge in [-0.25, -0.2) is 9.97 Å². The van der Waals surface area contributed by atoms with E-state index >= 15 is 0 Å². The van der Waals surface area contributed by atoms with Gasteiger partial charge in [0.2, 0.25) is 5.91 Å². The normalized spacial score (nSPS) is 18.0. The molecule has 1 heterocycles. The first kappa shape index (κ1) is 23.6. The van der Waals surface area contributed by atoms with E-state index in [0.29, 0.717) is 23.2 Å². The van der Waals surface area contributed by atoms with E-state index in [1.807, 2.05) is 36.4 Å². The minimum atomic E-state index is -0.275. The van der Waals surface area contributed by atoms with Crippen molar-refractivity contribution >= 4 is 28.3 Å². The summed E-state index contributed by atoms with van der Waals surface area (Å²) in [5.74, 6) is 0.0199. The van der Waals surface area contributed by atoms with Crippen LogP contribution in [0.15, 0.2) is 61.3 Å². The van der Waals surface area contributed by atoms with E-state index in [1.54, 1.807) is 12.3 Å². The summed E-state index contributed by atoms with van der Waals surface area (Å²) in [6.45, 7) is 6.73. The number of hydrogen-bond donors (Lipinski definition) is 2. The van der Waals surface area contributed by atoms with E-state index < -0.39 is 0 Å². The van der Waals surface area contributed by atoms with Crippen LogP contribution in [0.4, 0.5) is 5.69 Å². The smallest absolute Gasteiger partial charge is 0.270 e. The molecular weight excluding hydrogens is 426 g/mol. The van der Waals surface area contributed by atoms with Crippen molar-refractivity contribution in [2.45, 2.75) is 44.7 Å². The number of benzene rings is 2. The van der Waals surface area contributed by atoms with Crippen molar-refractivity contribution in [3.63, 3.8) is 0 Å². The van der Waals surface area contributed by atoms with Gasteiger partial charge in [0.1, 0.15) is 5.69 Å². The third-order valence-corrected chi connectivity index (χ3v) is 6.63. The first-order valence-electron chi connectivity index (χ1n) is 11.8. The van der Waals surface area contributed by atoms with Crippen LogP contribution in [0.2, 0.25) is 0 Å². The fraction of sp³-hybridized carbons (Fsp3) is 0.333. The average Bonchev–Trinajstić information content (AvgIpc) is 2.88. The number of aromatic nitrogens is 2. The molecule has 0 saturated heterocycles. The van der Waals surface area contributed by atoms with E-state index in [2.05, 4.69) is 46.1 Å². The van der Waals surface area contributed by atoms with E-state index in [4.69, 9.17) is 0 Å². The van der Waals surface area contributed by atoms with Crippen LogP contribution in [0.25, 0.3) is 22.2 Å². The lowest BCUT2D eigenvalue weighted by atomic mass is 9.90. The lowest BCUT2D eigenvalue weighted by Gasteiger charge is -2.34. The number of amides is 2. The Balaban J connectivity index is 1.51. The van der Waals surface area contributed by atoms with Crippen molar-refractivity contribution in [3.05, 3.63) is 67.0 Å². The molecule has 34 heavy (non-hydrogen) atoms. The number of carbonyl (C=O) groups is 2. The van der Waals surface area contributed by atoms with Gasteiger partial charge in [0.15, 0.2) is 5.82 Å². The molecule has 0 aliphatic heterocycles. The van der Waals surface area contributed by atoms with Crippen LogP contribution in [-0.2, 0) is 4.79 Å². The van der Waals surface area contributed by atoms with Gasteiger partial charge in [-0.15, -0.1) is 0 Å². The average molecular weight is 458 g/mol. The Bertz CT molecular complexity index is 1200. The van der Waals surface area contributed by atoms with Crippen LogP contribution < -0.4 is 10.6 Å². The minimum Gasteiger partial charge on any atom is -0.348 e. The molecule has 3 aromatic rings. The summed E-state index contributed by atoms with van der Waals surface area (Å²) in [6, 6.07) is 13.9. The summed E-state index contributed by atoms with van der Waals surface area (Å²) >= 11 is 0. The third kappa shape index (κ3) is 5.31. The third-order valence-electron chi connectivity index (χ3n) is 6.63. The first-order valence-corrected chi connectivity index (χ1v) is 11.8. The molecule has 0 bridgehead atoms. The molecule has 0 spiro atoms. The molecule has 7 nitrogen and oxygen atoms in total. The van der Waals surface area contributed by atoms with Gasteiger partial charge in [0.05, 0.1) is 0 Å². The lowest BCUT2D eigenvalue weighted by molar-refractivity contribution is -0.111. The van der Waals surface area contributed by atoms with Crippen molar-refractivity contribution in [2.24, 2.45) is 0 Å². The fourth-order valence-corrected chi connectivity index (χ4v) is 4.51. The molecule has 7 heteroatoms. The summed E-state index contributed by atoms with van der Waals surface area (Å²) < 4.78 is 0. The molecule has 176 valence electrons.